The molecule has 0 bridgehead atoms. The molecule has 0 saturated heterocycles. The molecule has 0 saturated carbocycles. The molecule has 0 unspecified atom stereocenters. The number of rotatable bonds is 6. The van der Waals surface area contributed by atoms with E-state index in [1.807, 2.05) is 30.3 Å². The van der Waals surface area contributed by atoms with Gasteiger partial charge in [-0.05, 0) is 36.3 Å². The summed E-state index contributed by atoms with van der Waals surface area (Å²) in [6.07, 6.45) is 2.73. The van der Waals surface area contributed by atoms with Crippen molar-refractivity contribution in [3.8, 4) is 0 Å². The quantitative estimate of drug-likeness (QED) is 0.429. The molecule has 1 aromatic carbocycles. The second-order valence-corrected chi connectivity index (χ2v) is 12.7. The lowest BCUT2D eigenvalue weighted by molar-refractivity contribution is -0.134. The second kappa shape index (κ2) is 8.18. The fourth-order valence-corrected chi connectivity index (χ4v) is 3.26. The minimum atomic E-state index is -1.90. The number of esters is 1. The van der Waals surface area contributed by atoms with E-state index in [9.17, 15) is 4.79 Å². The largest absolute Gasteiger partial charge is 0.468 e. The number of carbonyl (C=O) groups is 1. The van der Waals surface area contributed by atoms with E-state index in [2.05, 4.69) is 38.6 Å². The lowest BCUT2D eigenvalue weighted by atomic mass is 10.2. The van der Waals surface area contributed by atoms with Crippen LogP contribution in [0.15, 0.2) is 47.5 Å². The minimum absolute atomic E-state index is 0.121. The summed E-state index contributed by atoms with van der Waals surface area (Å²) in [5.41, 5.74) is 0.916. The highest BCUT2D eigenvalue weighted by Crippen LogP contribution is 2.37. The van der Waals surface area contributed by atoms with Gasteiger partial charge in [-0.3, -0.25) is 0 Å². The molecule has 0 radical (unpaired) electrons. The fourth-order valence-electron chi connectivity index (χ4n) is 2.24. The van der Waals surface area contributed by atoms with E-state index in [-0.39, 0.29) is 17.2 Å². The summed E-state index contributed by atoms with van der Waals surface area (Å²) in [7, 11) is -0.542. The maximum atomic E-state index is 11.4. The van der Waals surface area contributed by atoms with E-state index in [4.69, 9.17) is 14.2 Å². The molecule has 0 aromatic heterocycles. The van der Waals surface area contributed by atoms with Crippen molar-refractivity contribution in [1.82, 2.24) is 0 Å². The van der Waals surface area contributed by atoms with Gasteiger partial charge in [0.1, 0.15) is 12.1 Å². The van der Waals surface area contributed by atoms with Gasteiger partial charge in [0.15, 0.2) is 8.32 Å². The van der Waals surface area contributed by atoms with Gasteiger partial charge < -0.3 is 13.9 Å². The molecule has 142 valence electrons. The van der Waals surface area contributed by atoms with Crippen molar-refractivity contribution < 1.29 is 18.7 Å². The van der Waals surface area contributed by atoms with Crippen LogP contribution in [0.25, 0.3) is 0 Å². The summed E-state index contributed by atoms with van der Waals surface area (Å²) in [6, 6.07) is 9.56. The third-order valence-corrected chi connectivity index (χ3v) is 9.48. The van der Waals surface area contributed by atoms with E-state index in [0.717, 1.165) is 5.56 Å². The standard InChI is InChI=1S/C20H29NO4Si/c1-20(2,3)26(5,6)24-14-16-17(12-13-18(22)23-4)25-19(21-16)15-10-8-7-9-11-15/h7-13,16-17H,14H2,1-6H3/b13-12+/t16-,17-/m0/s1. The molecule has 1 aliphatic heterocycles. The Hall–Kier alpha value is -1.92. The van der Waals surface area contributed by atoms with Crippen molar-refractivity contribution in [1.29, 1.82) is 0 Å². The van der Waals surface area contributed by atoms with Gasteiger partial charge in [-0.1, -0.05) is 39.0 Å². The number of hydrogen-bond acceptors (Lipinski definition) is 5. The number of ether oxygens (including phenoxy) is 2. The van der Waals surface area contributed by atoms with Gasteiger partial charge in [-0.15, -0.1) is 0 Å². The SMILES string of the molecule is COC(=O)/C=C/[C@@H]1OC(c2ccccc2)=N[C@H]1CO[Si](C)(C)C(C)(C)C. The number of carbonyl (C=O) groups excluding carboxylic acids is 1. The first-order chi connectivity index (χ1) is 12.1. The van der Waals surface area contributed by atoms with Gasteiger partial charge in [0, 0.05) is 11.6 Å². The van der Waals surface area contributed by atoms with Crippen LogP contribution in [-0.2, 0) is 18.7 Å². The van der Waals surface area contributed by atoms with Crippen LogP contribution in [0.3, 0.4) is 0 Å². The van der Waals surface area contributed by atoms with Crippen LogP contribution >= 0.6 is 0 Å². The van der Waals surface area contributed by atoms with Gasteiger partial charge in [-0.2, -0.15) is 0 Å². The first-order valence-corrected chi connectivity index (χ1v) is 11.7. The summed E-state index contributed by atoms with van der Waals surface area (Å²) in [5.74, 6) is 0.166. The van der Waals surface area contributed by atoms with Crippen LogP contribution < -0.4 is 0 Å². The summed E-state index contributed by atoms with van der Waals surface area (Å²) < 4.78 is 17.0. The zero-order valence-electron chi connectivity index (χ0n) is 16.5. The van der Waals surface area contributed by atoms with Gasteiger partial charge in [-0.25, -0.2) is 9.79 Å². The van der Waals surface area contributed by atoms with Crippen LogP contribution in [0.1, 0.15) is 26.3 Å². The molecule has 1 heterocycles. The molecule has 2 rings (SSSR count). The Morgan fingerprint density at radius 3 is 2.50 bits per heavy atom. The average Bonchev–Trinajstić information content (AvgIpc) is 3.01. The maximum absolute atomic E-state index is 11.4. The molecule has 0 aliphatic carbocycles. The predicted molar refractivity (Wildman–Crippen MR) is 106 cm³/mol. The molecule has 0 N–H and O–H groups in total. The molecule has 0 amide bonds. The van der Waals surface area contributed by atoms with Gasteiger partial charge in [0.2, 0.25) is 5.90 Å². The summed E-state index contributed by atoms with van der Waals surface area (Å²) in [4.78, 5) is 16.2. The van der Waals surface area contributed by atoms with Crippen LogP contribution in [0, 0.1) is 0 Å². The topological polar surface area (TPSA) is 57.1 Å². The van der Waals surface area contributed by atoms with E-state index < -0.39 is 14.3 Å². The Labute approximate surface area is 157 Å². The fraction of sp³-hybridized carbons (Fsp3) is 0.500. The second-order valence-electron chi connectivity index (χ2n) is 7.90. The highest BCUT2D eigenvalue weighted by molar-refractivity contribution is 6.74. The van der Waals surface area contributed by atoms with Gasteiger partial charge in [0.05, 0.1) is 13.7 Å². The number of benzene rings is 1. The Morgan fingerprint density at radius 1 is 1.27 bits per heavy atom. The lowest BCUT2D eigenvalue weighted by Gasteiger charge is -2.36. The highest BCUT2D eigenvalue weighted by atomic mass is 28.4. The van der Waals surface area contributed by atoms with Crippen molar-refractivity contribution in [2.45, 2.75) is 51.0 Å². The first kappa shape index (κ1) is 20.4. The Balaban J connectivity index is 2.17. The van der Waals surface area contributed by atoms with E-state index in [1.54, 1.807) is 6.08 Å². The van der Waals surface area contributed by atoms with Crippen molar-refractivity contribution in [3.05, 3.63) is 48.0 Å². The van der Waals surface area contributed by atoms with Crippen LogP contribution in [0.4, 0.5) is 0 Å². The summed E-state index contributed by atoms with van der Waals surface area (Å²) in [6.45, 7) is 11.5. The molecule has 1 aliphatic rings. The molecule has 0 spiro atoms. The van der Waals surface area contributed by atoms with E-state index in [1.165, 1.54) is 13.2 Å². The number of nitrogens with zero attached hydrogens (tertiary/aromatic N) is 1. The zero-order valence-corrected chi connectivity index (χ0v) is 17.5. The van der Waals surface area contributed by atoms with Crippen molar-refractivity contribution in [3.63, 3.8) is 0 Å². The zero-order chi connectivity index (χ0) is 19.4. The Kier molecular flexibility index (Phi) is 6.42. The first-order valence-electron chi connectivity index (χ1n) is 8.84. The summed E-state index contributed by atoms with van der Waals surface area (Å²) in [5, 5.41) is 0.121. The molecular formula is C20H29NO4Si. The van der Waals surface area contributed by atoms with Crippen LogP contribution in [-0.4, -0.2) is 46.0 Å². The Morgan fingerprint density at radius 2 is 1.92 bits per heavy atom. The number of methoxy groups -OCH3 is 1. The summed E-state index contributed by atoms with van der Waals surface area (Å²) >= 11 is 0. The van der Waals surface area contributed by atoms with Crippen LogP contribution in [0.2, 0.25) is 18.1 Å². The normalized spacial score (nSPS) is 20.8. The molecule has 26 heavy (non-hydrogen) atoms. The Bertz CT molecular complexity index is 677. The molecule has 2 atom stereocenters. The lowest BCUT2D eigenvalue weighted by Crippen LogP contribution is -2.43. The number of aliphatic imine (C=N–C) groups is 1. The molecule has 6 heteroatoms. The predicted octanol–water partition coefficient (Wildman–Crippen LogP) is 3.95. The molecular weight excluding hydrogens is 346 g/mol. The van der Waals surface area contributed by atoms with E-state index in [0.29, 0.717) is 12.5 Å². The average molecular weight is 376 g/mol. The van der Waals surface area contributed by atoms with Crippen molar-refractivity contribution in [2.75, 3.05) is 13.7 Å². The third kappa shape index (κ3) is 5.05. The highest BCUT2D eigenvalue weighted by Gasteiger charge is 2.39. The number of hydrogen-bond donors (Lipinski definition) is 0. The molecule has 1 aromatic rings. The molecule has 5 nitrogen and oxygen atoms in total. The van der Waals surface area contributed by atoms with Crippen molar-refractivity contribution in [2.24, 2.45) is 4.99 Å². The van der Waals surface area contributed by atoms with Crippen LogP contribution in [0.5, 0.6) is 0 Å². The van der Waals surface area contributed by atoms with Gasteiger partial charge >= 0.3 is 5.97 Å². The smallest absolute Gasteiger partial charge is 0.330 e. The monoisotopic (exact) mass is 375 g/mol. The molecule has 0 fully saturated rings. The van der Waals surface area contributed by atoms with Gasteiger partial charge in [0.25, 0.3) is 0 Å². The minimum Gasteiger partial charge on any atom is -0.468 e. The third-order valence-electron chi connectivity index (χ3n) is 4.98. The van der Waals surface area contributed by atoms with Crippen molar-refractivity contribution >= 4 is 20.2 Å². The maximum Gasteiger partial charge on any atom is 0.330 e. The van der Waals surface area contributed by atoms with E-state index >= 15 is 0 Å².